The zero-order chi connectivity index (χ0) is 10.5. The first-order chi connectivity index (χ1) is 5.81. The molecular formula is C7H13BNO3S. The Morgan fingerprint density at radius 2 is 1.92 bits per heavy atom. The Balaban J connectivity index is 3.59. The number of hydrogen-bond acceptors (Lipinski definition) is 4. The first-order valence-corrected chi connectivity index (χ1v) is 4.67. The molecule has 0 aromatic rings. The van der Waals surface area contributed by atoms with Crippen LogP contribution in [0.3, 0.4) is 0 Å². The van der Waals surface area contributed by atoms with Gasteiger partial charge in [-0.05, 0) is 20.8 Å². The quantitative estimate of drug-likeness (QED) is 0.686. The molecule has 6 heteroatoms. The monoisotopic (exact) mass is 202 g/mol. The van der Waals surface area contributed by atoms with Crippen molar-refractivity contribution >= 4 is 29.5 Å². The van der Waals surface area contributed by atoms with E-state index in [0.717, 1.165) is 11.6 Å². The smallest absolute Gasteiger partial charge is 0.395 e. The SMILES string of the molecule is CC(=O)S[B]NC(=O)OC(C)(C)C. The molecule has 0 bridgehead atoms. The Bertz CT molecular complexity index is 202. The standard InChI is InChI=1S/C7H13BNO3S/c1-5(10)13-8-9-6(11)12-7(2,3)4/h1-4H3,(H,9,11). The van der Waals surface area contributed by atoms with Crippen LogP contribution >= 0.6 is 11.6 Å². The van der Waals surface area contributed by atoms with Crippen molar-refractivity contribution < 1.29 is 14.3 Å². The van der Waals surface area contributed by atoms with Gasteiger partial charge in [0.15, 0.2) is 5.12 Å². The maximum atomic E-state index is 11.0. The molecule has 13 heavy (non-hydrogen) atoms. The average Bonchev–Trinajstić information content (AvgIpc) is 1.81. The van der Waals surface area contributed by atoms with Crippen LogP contribution in [0, 0.1) is 0 Å². The van der Waals surface area contributed by atoms with E-state index < -0.39 is 11.7 Å². The molecule has 73 valence electrons. The van der Waals surface area contributed by atoms with Gasteiger partial charge in [-0.3, -0.25) is 4.79 Å². The number of carbonyl (C=O) groups is 2. The summed E-state index contributed by atoms with van der Waals surface area (Å²) < 4.78 is 4.91. The molecule has 0 atom stereocenters. The van der Waals surface area contributed by atoms with Gasteiger partial charge in [0.05, 0.1) is 0 Å². The summed E-state index contributed by atoms with van der Waals surface area (Å²) in [5.74, 6) is 0. The van der Waals surface area contributed by atoms with Gasteiger partial charge in [0.1, 0.15) is 5.60 Å². The van der Waals surface area contributed by atoms with Crippen LogP contribution in [0.5, 0.6) is 0 Å². The minimum atomic E-state index is -0.554. The van der Waals surface area contributed by atoms with Gasteiger partial charge < -0.3 is 9.96 Å². The van der Waals surface area contributed by atoms with Crippen molar-refractivity contribution in [2.24, 2.45) is 0 Å². The molecule has 0 unspecified atom stereocenters. The van der Waals surface area contributed by atoms with Crippen molar-refractivity contribution in [3.05, 3.63) is 0 Å². The zero-order valence-electron chi connectivity index (χ0n) is 8.21. The molecule has 0 aromatic heterocycles. The lowest BCUT2D eigenvalue weighted by Gasteiger charge is -2.19. The Labute approximate surface area is 82.9 Å². The number of carbonyl (C=O) groups excluding carboxylic acids is 2. The molecule has 4 nitrogen and oxygen atoms in total. The van der Waals surface area contributed by atoms with E-state index in [1.165, 1.54) is 13.6 Å². The second-order valence-corrected chi connectivity index (χ2v) is 4.42. The largest absolute Gasteiger partial charge is 0.445 e. The molecule has 0 aliphatic heterocycles. The molecule has 0 aliphatic rings. The number of ether oxygens (including phenoxy) is 1. The van der Waals surface area contributed by atoms with Crippen molar-refractivity contribution in [2.45, 2.75) is 33.3 Å². The van der Waals surface area contributed by atoms with Gasteiger partial charge in [0, 0.05) is 6.92 Å². The van der Waals surface area contributed by atoms with Crippen LogP contribution in [-0.2, 0) is 9.53 Å². The third-order valence-corrected chi connectivity index (χ3v) is 1.37. The van der Waals surface area contributed by atoms with Crippen molar-refractivity contribution in [2.75, 3.05) is 0 Å². The van der Waals surface area contributed by atoms with Crippen LogP contribution < -0.4 is 5.23 Å². The molecule has 0 heterocycles. The fraction of sp³-hybridized carbons (Fsp3) is 0.714. The van der Waals surface area contributed by atoms with E-state index in [1.807, 2.05) is 0 Å². The lowest BCUT2D eigenvalue weighted by Crippen LogP contribution is -2.33. The van der Waals surface area contributed by atoms with Gasteiger partial charge in [0.2, 0.25) is 0 Å². The molecular weight excluding hydrogens is 189 g/mol. The number of nitrogens with one attached hydrogen (secondary N) is 1. The van der Waals surface area contributed by atoms with E-state index in [0.29, 0.717) is 0 Å². The summed E-state index contributed by atoms with van der Waals surface area (Å²) in [5, 5.41) is 2.24. The summed E-state index contributed by atoms with van der Waals surface area (Å²) in [4.78, 5) is 21.4. The fourth-order valence-corrected chi connectivity index (χ4v) is 0.789. The molecule has 1 amide bonds. The van der Waals surface area contributed by atoms with E-state index in [4.69, 9.17) is 4.74 Å². The Morgan fingerprint density at radius 1 is 1.38 bits per heavy atom. The topological polar surface area (TPSA) is 55.4 Å². The molecule has 0 saturated heterocycles. The van der Waals surface area contributed by atoms with Crippen molar-refractivity contribution in [1.29, 1.82) is 0 Å². The van der Waals surface area contributed by atoms with Crippen LogP contribution in [0.25, 0.3) is 0 Å². The molecule has 0 saturated carbocycles. The highest BCUT2D eigenvalue weighted by molar-refractivity contribution is 8.33. The lowest BCUT2D eigenvalue weighted by atomic mass is 10.2. The molecule has 0 fully saturated rings. The summed E-state index contributed by atoms with van der Waals surface area (Å²) >= 11 is 0.910. The highest BCUT2D eigenvalue weighted by Crippen LogP contribution is 2.06. The number of amides is 1. The molecule has 0 aromatic carbocycles. The van der Waals surface area contributed by atoms with Gasteiger partial charge in [0.25, 0.3) is 0 Å². The third kappa shape index (κ3) is 9.27. The molecule has 0 aliphatic carbocycles. The lowest BCUT2D eigenvalue weighted by molar-refractivity contribution is -0.109. The summed E-state index contributed by atoms with van der Waals surface area (Å²) in [6.07, 6.45) is -0.554. The van der Waals surface area contributed by atoms with E-state index in [2.05, 4.69) is 5.23 Å². The average molecular weight is 202 g/mol. The van der Waals surface area contributed by atoms with Crippen LogP contribution in [0.1, 0.15) is 27.7 Å². The Morgan fingerprint density at radius 3 is 2.31 bits per heavy atom. The van der Waals surface area contributed by atoms with Crippen LogP contribution in [-0.4, -0.2) is 23.5 Å². The summed E-state index contributed by atoms with van der Waals surface area (Å²) in [5.41, 5.74) is -0.515. The van der Waals surface area contributed by atoms with Gasteiger partial charge in [-0.25, -0.2) is 4.79 Å². The number of rotatable bonds is 2. The summed E-state index contributed by atoms with van der Waals surface area (Å²) in [7, 11) is 0. The minimum Gasteiger partial charge on any atom is -0.445 e. The predicted octanol–water partition coefficient (Wildman–Crippen LogP) is 1.32. The van der Waals surface area contributed by atoms with Crippen LogP contribution in [0.4, 0.5) is 4.79 Å². The Kier molecular flexibility index (Phi) is 4.91. The first kappa shape index (κ1) is 12.4. The molecule has 0 spiro atoms. The van der Waals surface area contributed by atoms with Gasteiger partial charge in [-0.2, -0.15) is 0 Å². The van der Waals surface area contributed by atoms with Gasteiger partial charge >= 0.3 is 12.8 Å². The third-order valence-electron chi connectivity index (χ3n) is 0.801. The van der Waals surface area contributed by atoms with Crippen LogP contribution in [0.2, 0.25) is 0 Å². The maximum absolute atomic E-state index is 11.0. The van der Waals surface area contributed by atoms with E-state index >= 15 is 0 Å². The molecule has 0 rings (SSSR count). The first-order valence-electron chi connectivity index (χ1n) is 3.79. The van der Waals surface area contributed by atoms with E-state index in [9.17, 15) is 9.59 Å². The van der Waals surface area contributed by atoms with Crippen molar-refractivity contribution in [1.82, 2.24) is 5.23 Å². The number of hydrogen-bond donors (Lipinski definition) is 1. The van der Waals surface area contributed by atoms with Gasteiger partial charge in [-0.15, -0.1) is 11.6 Å². The normalized spacial score (nSPS) is 10.5. The van der Waals surface area contributed by atoms with E-state index in [-0.39, 0.29) is 5.12 Å². The van der Waals surface area contributed by atoms with E-state index in [1.54, 1.807) is 20.8 Å². The van der Waals surface area contributed by atoms with Crippen molar-refractivity contribution in [3.63, 3.8) is 0 Å². The summed E-state index contributed by atoms with van der Waals surface area (Å²) in [6, 6.07) is 0. The fourth-order valence-electron chi connectivity index (χ4n) is 0.468. The highest BCUT2D eigenvalue weighted by Gasteiger charge is 2.15. The maximum Gasteiger partial charge on any atom is 0.395 e. The second-order valence-electron chi connectivity index (χ2n) is 3.37. The minimum absolute atomic E-state index is 0.0870. The van der Waals surface area contributed by atoms with Gasteiger partial charge in [-0.1, -0.05) is 0 Å². The Hall–Kier alpha value is -0.645. The second kappa shape index (κ2) is 5.16. The molecule has 1 N–H and O–H groups in total. The highest BCUT2D eigenvalue weighted by atomic mass is 32.2. The zero-order valence-corrected chi connectivity index (χ0v) is 9.03. The molecule has 1 radical (unpaired) electrons. The predicted molar refractivity (Wildman–Crippen MR) is 53.4 cm³/mol. The van der Waals surface area contributed by atoms with Crippen molar-refractivity contribution in [3.8, 4) is 0 Å². The van der Waals surface area contributed by atoms with Crippen LogP contribution in [0.15, 0.2) is 0 Å². The summed E-state index contributed by atoms with van der Waals surface area (Å²) in [6.45, 7) is 8.02.